The highest BCUT2D eigenvalue weighted by Crippen LogP contribution is 2.40. The molecule has 2 aromatic heterocycles. The van der Waals surface area contributed by atoms with Crippen LogP contribution in [0.5, 0.6) is 0 Å². The number of hydrazine groups is 1. The van der Waals surface area contributed by atoms with E-state index >= 15 is 0 Å². The molecule has 25 heavy (non-hydrogen) atoms. The summed E-state index contributed by atoms with van der Waals surface area (Å²) < 4.78 is 5.81. The second-order valence-electron chi connectivity index (χ2n) is 5.65. The standard InChI is InChI=1S/C13H15N9O3/c1-20(2)9-7(6-15-11-8(9)16-18-21(11)23)13(25-3)4-5-14-12-10(13)17-19-22(12)24/h4-6,19,23-24H,1-3H3. The zero-order chi connectivity index (χ0) is 17.8. The molecule has 0 saturated heterocycles. The average molecular weight is 345 g/mol. The minimum absolute atomic E-state index is 0.208. The number of anilines is 1. The van der Waals surface area contributed by atoms with Gasteiger partial charge in [-0.3, -0.25) is 5.21 Å². The van der Waals surface area contributed by atoms with Crippen molar-refractivity contribution in [3.8, 4) is 0 Å². The molecule has 12 heteroatoms. The first-order valence-electron chi connectivity index (χ1n) is 7.25. The highest BCUT2D eigenvalue weighted by molar-refractivity contribution is 6.46. The van der Waals surface area contributed by atoms with Crippen LogP contribution in [0.15, 0.2) is 28.6 Å². The Labute approximate surface area is 141 Å². The van der Waals surface area contributed by atoms with Crippen molar-refractivity contribution in [2.24, 2.45) is 10.1 Å². The molecule has 12 nitrogen and oxygen atoms in total. The number of hydrazone groups is 1. The fourth-order valence-electron chi connectivity index (χ4n) is 3.02. The normalized spacial score (nSPS) is 21.8. The van der Waals surface area contributed by atoms with E-state index in [2.05, 4.69) is 30.9 Å². The van der Waals surface area contributed by atoms with Gasteiger partial charge in [-0.2, -0.15) is 10.6 Å². The van der Waals surface area contributed by atoms with Gasteiger partial charge in [0.15, 0.2) is 11.1 Å². The van der Waals surface area contributed by atoms with Crippen molar-refractivity contribution in [1.82, 2.24) is 30.8 Å². The molecule has 0 aliphatic carbocycles. The third-order valence-corrected chi connectivity index (χ3v) is 4.12. The molecule has 0 amide bonds. The molecule has 0 bridgehead atoms. The highest BCUT2D eigenvalue weighted by Gasteiger charge is 2.47. The van der Waals surface area contributed by atoms with Crippen molar-refractivity contribution in [3.63, 3.8) is 0 Å². The van der Waals surface area contributed by atoms with Crippen LogP contribution >= 0.6 is 0 Å². The fourth-order valence-corrected chi connectivity index (χ4v) is 3.02. The molecule has 0 spiro atoms. The van der Waals surface area contributed by atoms with E-state index in [4.69, 9.17) is 4.74 Å². The van der Waals surface area contributed by atoms with Crippen LogP contribution in [0.4, 0.5) is 5.69 Å². The molecule has 1 unspecified atom stereocenters. The Morgan fingerprint density at radius 2 is 2.12 bits per heavy atom. The molecule has 1 atom stereocenters. The number of hydrogen-bond donors (Lipinski definition) is 3. The van der Waals surface area contributed by atoms with Gasteiger partial charge in [-0.1, -0.05) is 4.85 Å². The van der Waals surface area contributed by atoms with Gasteiger partial charge in [0.05, 0.1) is 5.69 Å². The first kappa shape index (κ1) is 15.3. The smallest absolute Gasteiger partial charge is 0.221 e. The van der Waals surface area contributed by atoms with Crippen molar-refractivity contribution in [3.05, 3.63) is 24.0 Å². The first-order chi connectivity index (χ1) is 12.0. The van der Waals surface area contributed by atoms with Gasteiger partial charge in [0, 0.05) is 39.2 Å². The van der Waals surface area contributed by atoms with Crippen LogP contribution < -0.4 is 10.4 Å². The number of aromatic nitrogens is 4. The summed E-state index contributed by atoms with van der Waals surface area (Å²) in [6, 6.07) is 0. The van der Waals surface area contributed by atoms with E-state index in [-0.39, 0.29) is 11.5 Å². The topological polar surface area (TPSA) is 137 Å². The summed E-state index contributed by atoms with van der Waals surface area (Å²) in [7, 11) is 5.17. The Hall–Kier alpha value is -3.25. The maximum absolute atomic E-state index is 9.86. The number of methoxy groups -OCH3 is 1. The van der Waals surface area contributed by atoms with Crippen LogP contribution in [0.3, 0.4) is 0 Å². The maximum Gasteiger partial charge on any atom is 0.221 e. The zero-order valence-electron chi connectivity index (χ0n) is 13.6. The second kappa shape index (κ2) is 5.12. The lowest BCUT2D eigenvalue weighted by atomic mass is 9.86. The minimum atomic E-state index is -1.17. The molecule has 4 rings (SSSR count). The molecule has 0 radical (unpaired) electrons. The largest absolute Gasteiger partial charge is 0.409 e. The Balaban J connectivity index is 2.01. The molecule has 130 valence electrons. The molecule has 2 aromatic rings. The number of fused-ring (bicyclic) bond motifs is 2. The predicted molar refractivity (Wildman–Crippen MR) is 86.3 cm³/mol. The van der Waals surface area contributed by atoms with E-state index in [9.17, 15) is 10.4 Å². The van der Waals surface area contributed by atoms with Gasteiger partial charge in [0.1, 0.15) is 5.71 Å². The maximum atomic E-state index is 9.86. The van der Waals surface area contributed by atoms with Crippen LogP contribution in [0, 0.1) is 0 Å². The number of rotatable bonds is 3. The Morgan fingerprint density at radius 3 is 2.84 bits per heavy atom. The number of ether oxygens (including phenoxy) is 1. The number of nitrogens with one attached hydrogen (secondary N) is 1. The van der Waals surface area contributed by atoms with E-state index in [0.717, 1.165) is 0 Å². The number of hydroxylamine groups is 1. The molecular weight excluding hydrogens is 330 g/mol. The molecule has 2 aliphatic heterocycles. The Morgan fingerprint density at radius 1 is 1.32 bits per heavy atom. The Kier molecular flexibility index (Phi) is 3.13. The van der Waals surface area contributed by atoms with Crippen molar-refractivity contribution in [2.45, 2.75) is 5.60 Å². The van der Waals surface area contributed by atoms with Gasteiger partial charge in [-0.25, -0.2) is 9.98 Å². The van der Waals surface area contributed by atoms with E-state index in [0.29, 0.717) is 32.5 Å². The summed E-state index contributed by atoms with van der Waals surface area (Å²) in [6.07, 6.45) is 4.77. The molecule has 2 aliphatic rings. The van der Waals surface area contributed by atoms with Gasteiger partial charge < -0.3 is 14.8 Å². The SMILES string of the molecule is COC1(c2cnc3c(nnn3O)c2N(C)C)C=CN=C2C1=NNN2O. The number of nitrogens with zero attached hydrogens (tertiary/aromatic N) is 8. The van der Waals surface area contributed by atoms with Crippen LogP contribution in [0.1, 0.15) is 5.56 Å². The van der Waals surface area contributed by atoms with Gasteiger partial charge in [-0.05, 0) is 11.3 Å². The lowest BCUT2D eigenvalue weighted by Crippen LogP contribution is -2.45. The summed E-state index contributed by atoms with van der Waals surface area (Å²) in [4.78, 5) is 10.8. The van der Waals surface area contributed by atoms with Crippen LogP contribution in [-0.4, -0.2) is 68.5 Å². The van der Waals surface area contributed by atoms with Gasteiger partial charge in [0.2, 0.25) is 11.5 Å². The van der Waals surface area contributed by atoms with Crippen LogP contribution in [0.2, 0.25) is 0 Å². The summed E-state index contributed by atoms with van der Waals surface area (Å²) >= 11 is 0. The number of hydrogen-bond acceptors (Lipinski definition) is 11. The van der Waals surface area contributed by atoms with E-state index in [1.807, 2.05) is 19.0 Å². The van der Waals surface area contributed by atoms with Crippen LogP contribution in [-0.2, 0) is 10.3 Å². The summed E-state index contributed by atoms with van der Waals surface area (Å²) in [5, 5.41) is 32.0. The third kappa shape index (κ3) is 1.91. The fraction of sp³-hybridized carbons (Fsp3) is 0.308. The zero-order valence-corrected chi connectivity index (χ0v) is 13.6. The van der Waals surface area contributed by atoms with Crippen molar-refractivity contribution in [2.75, 3.05) is 26.1 Å². The van der Waals surface area contributed by atoms with Gasteiger partial charge in [0.25, 0.3) is 0 Å². The molecule has 3 N–H and O–H groups in total. The van der Waals surface area contributed by atoms with Crippen LogP contribution in [0.25, 0.3) is 11.2 Å². The van der Waals surface area contributed by atoms with Gasteiger partial charge >= 0.3 is 0 Å². The minimum Gasteiger partial charge on any atom is -0.409 e. The number of aliphatic imine (C=N–C) groups is 1. The molecule has 0 aromatic carbocycles. The first-order valence-corrected chi connectivity index (χ1v) is 7.25. The molecular formula is C13H15N9O3. The lowest BCUT2D eigenvalue weighted by molar-refractivity contribution is -0.0542. The van der Waals surface area contributed by atoms with Crippen molar-refractivity contribution < 1.29 is 15.2 Å². The number of pyridine rings is 1. The molecule has 4 heterocycles. The highest BCUT2D eigenvalue weighted by atomic mass is 16.6. The average Bonchev–Trinajstić information content (AvgIpc) is 3.17. The monoisotopic (exact) mass is 345 g/mol. The van der Waals surface area contributed by atoms with E-state index < -0.39 is 5.60 Å². The molecule has 0 saturated carbocycles. The lowest BCUT2D eigenvalue weighted by Gasteiger charge is -2.33. The summed E-state index contributed by atoms with van der Waals surface area (Å²) in [6.45, 7) is 0. The van der Waals surface area contributed by atoms with E-state index in [1.54, 1.807) is 12.3 Å². The van der Waals surface area contributed by atoms with Crippen molar-refractivity contribution >= 4 is 28.4 Å². The number of amidine groups is 1. The Bertz CT molecular complexity index is 948. The summed E-state index contributed by atoms with van der Waals surface area (Å²) in [5.41, 5.74) is 3.47. The quantitative estimate of drug-likeness (QED) is 0.626. The second-order valence-corrected chi connectivity index (χ2v) is 5.65. The summed E-state index contributed by atoms with van der Waals surface area (Å²) in [5.74, 6) is 0.208. The predicted octanol–water partition coefficient (Wildman–Crippen LogP) is -0.537. The van der Waals surface area contributed by atoms with Crippen molar-refractivity contribution in [1.29, 1.82) is 0 Å². The van der Waals surface area contributed by atoms with Gasteiger partial charge in [-0.15, -0.1) is 10.3 Å². The third-order valence-electron chi connectivity index (χ3n) is 4.12. The molecule has 0 fully saturated rings. The van der Waals surface area contributed by atoms with E-state index in [1.165, 1.54) is 13.3 Å².